The second kappa shape index (κ2) is 5.29. The van der Waals surface area contributed by atoms with Crippen LogP contribution >= 0.6 is 15.9 Å². The Morgan fingerprint density at radius 1 is 1.29 bits per heavy atom. The first-order valence-corrected chi connectivity index (χ1v) is 6.08. The zero-order chi connectivity index (χ0) is 12.3. The Bertz CT molecular complexity index is 516. The highest BCUT2D eigenvalue weighted by Crippen LogP contribution is 2.20. The Labute approximate surface area is 108 Å². The summed E-state index contributed by atoms with van der Waals surface area (Å²) in [7, 11) is 0. The van der Waals surface area contributed by atoms with E-state index in [0.717, 1.165) is 15.6 Å². The third-order valence-electron chi connectivity index (χ3n) is 2.52. The van der Waals surface area contributed by atoms with Gasteiger partial charge in [-0.05, 0) is 51.7 Å². The Kier molecular flexibility index (Phi) is 3.76. The van der Waals surface area contributed by atoms with Gasteiger partial charge in [-0.3, -0.25) is 4.98 Å². The lowest BCUT2D eigenvalue weighted by Crippen LogP contribution is -2.13. The molecule has 0 amide bonds. The molecule has 0 bridgehead atoms. The SMILES string of the molecule is NC(Cc1cccc(O)c1)c1cncc(Br)c1. The van der Waals surface area contributed by atoms with Crippen molar-refractivity contribution in [2.75, 3.05) is 0 Å². The first-order chi connectivity index (χ1) is 8.15. The second-order valence-electron chi connectivity index (χ2n) is 3.92. The van der Waals surface area contributed by atoms with E-state index in [1.165, 1.54) is 0 Å². The number of pyridine rings is 1. The summed E-state index contributed by atoms with van der Waals surface area (Å²) in [5.41, 5.74) is 8.09. The van der Waals surface area contributed by atoms with Crippen molar-refractivity contribution in [3.05, 3.63) is 58.3 Å². The Hall–Kier alpha value is -1.39. The Morgan fingerprint density at radius 3 is 2.82 bits per heavy atom. The predicted molar refractivity (Wildman–Crippen MR) is 70.7 cm³/mol. The maximum atomic E-state index is 9.38. The lowest BCUT2D eigenvalue weighted by Gasteiger charge is -2.12. The van der Waals surface area contributed by atoms with Crippen LogP contribution in [0.4, 0.5) is 0 Å². The van der Waals surface area contributed by atoms with Gasteiger partial charge in [0.05, 0.1) is 0 Å². The molecule has 0 aliphatic rings. The van der Waals surface area contributed by atoms with Gasteiger partial charge in [0.15, 0.2) is 0 Å². The van der Waals surface area contributed by atoms with Crippen LogP contribution in [0.25, 0.3) is 0 Å². The van der Waals surface area contributed by atoms with Gasteiger partial charge in [-0.25, -0.2) is 0 Å². The second-order valence-corrected chi connectivity index (χ2v) is 4.83. The van der Waals surface area contributed by atoms with Crippen LogP contribution in [-0.2, 0) is 6.42 Å². The highest BCUT2D eigenvalue weighted by Gasteiger charge is 2.08. The van der Waals surface area contributed by atoms with Gasteiger partial charge in [0.1, 0.15) is 5.75 Å². The maximum absolute atomic E-state index is 9.38. The monoisotopic (exact) mass is 292 g/mol. The van der Waals surface area contributed by atoms with E-state index in [4.69, 9.17) is 5.73 Å². The summed E-state index contributed by atoms with van der Waals surface area (Å²) >= 11 is 3.37. The number of aromatic nitrogens is 1. The fourth-order valence-corrected chi connectivity index (χ4v) is 2.07. The largest absolute Gasteiger partial charge is 0.508 e. The molecule has 3 nitrogen and oxygen atoms in total. The molecule has 0 saturated carbocycles. The average Bonchev–Trinajstić information content (AvgIpc) is 2.29. The van der Waals surface area contributed by atoms with Crippen LogP contribution in [0.3, 0.4) is 0 Å². The van der Waals surface area contributed by atoms with E-state index in [1.54, 1.807) is 24.5 Å². The van der Waals surface area contributed by atoms with Gasteiger partial charge >= 0.3 is 0 Å². The van der Waals surface area contributed by atoms with Gasteiger partial charge in [-0.1, -0.05) is 12.1 Å². The van der Waals surface area contributed by atoms with Crippen LogP contribution in [0.15, 0.2) is 47.2 Å². The molecular formula is C13H13BrN2O. The average molecular weight is 293 g/mol. The molecule has 1 aromatic heterocycles. The number of rotatable bonds is 3. The molecule has 4 heteroatoms. The van der Waals surface area contributed by atoms with Gasteiger partial charge < -0.3 is 10.8 Å². The molecule has 2 rings (SSSR count). The summed E-state index contributed by atoms with van der Waals surface area (Å²) in [6.07, 6.45) is 4.16. The fraction of sp³-hybridized carbons (Fsp3) is 0.154. The minimum absolute atomic E-state index is 0.123. The van der Waals surface area contributed by atoms with Gasteiger partial charge in [-0.15, -0.1) is 0 Å². The summed E-state index contributed by atoms with van der Waals surface area (Å²) in [5, 5.41) is 9.38. The number of phenolic OH excluding ortho intramolecular Hbond substituents is 1. The third kappa shape index (κ3) is 3.28. The number of halogens is 1. The van der Waals surface area contributed by atoms with E-state index in [9.17, 15) is 5.11 Å². The summed E-state index contributed by atoms with van der Waals surface area (Å²) < 4.78 is 0.918. The zero-order valence-electron chi connectivity index (χ0n) is 9.18. The molecule has 0 saturated heterocycles. The van der Waals surface area contributed by atoms with E-state index in [2.05, 4.69) is 20.9 Å². The summed E-state index contributed by atoms with van der Waals surface area (Å²) in [6.45, 7) is 0. The topological polar surface area (TPSA) is 59.1 Å². The van der Waals surface area contributed by atoms with E-state index in [1.807, 2.05) is 18.2 Å². The van der Waals surface area contributed by atoms with E-state index >= 15 is 0 Å². The minimum atomic E-state index is -0.123. The predicted octanol–water partition coefficient (Wildman–Crippen LogP) is 2.79. The molecule has 1 atom stereocenters. The van der Waals surface area contributed by atoms with Crippen LogP contribution in [-0.4, -0.2) is 10.1 Å². The van der Waals surface area contributed by atoms with Crippen LogP contribution in [0, 0.1) is 0 Å². The molecule has 1 heterocycles. The smallest absolute Gasteiger partial charge is 0.115 e. The van der Waals surface area contributed by atoms with E-state index < -0.39 is 0 Å². The number of nitrogens with zero attached hydrogens (tertiary/aromatic N) is 1. The molecule has 88 valence electrons. The van der Waals surface area contributed by atoms with Crippen LogP contribution in [0.1, 0.15) is 17.2 Å². The van der Waals surface area contributed by atoms with Gasteiger partial charge in [-0.2, -0.15) is 0 Å². The number of nitrogens with two attached hydrogens (primary N) is 1. The lowest BCUT2D eigenvalue weighted by atomic mass is 10.0. The first kappa shape index (κ1) is 12.1. The van der Waals surface area contributed by atoms with Gasteiger partial charge in [0, 0.05) is 22.9 Å². The standard InChI is InChI=1S/C13H13BrN2O/c14-11-6-10(7-16-8-11)13(15)5-9-2-1-3-12(17)4-9/h1-4,6-8,13,17H,5,15H2. The van der Waals surface area contributed by atoms with Crippen LogP contribution in [0.2, 0.25) is 0 Å². The van der Waals surface area contributed by atoms with Crippen molar-refractivity contribution < 1.29 is 5.11 Å². The number of phenols is 1. The summed E-state index contributed by atoms with van der Waals surface area (Å²) in [6, 6.07) is 8.98. The van der Waals surface area contributed by atoms with Gasteiger partial charge in [0.25, 0.3) is 0 Å². The lowest BCUT2D eigenvalue weighted by molar-refractivity contribution is 0.474. The van der Waals surface area contributed by atoms with Crippen molar-refractivity contribution in [1.29, 1.82) is 0 Å². The molecule has 0 fully saturated rings. The van der Waals surface area contributed by atoms with Crippen molar-refractivity contribution in [2.45, 2.75) is 12.5 Å². The van der Waals surface area contributed by atoms with Crippen LogP contribution in [0.5, 0.6) is 5.75 Å². The first-order valence-electron chi connectivity index (χ1n) is 5.29. The molecule has 0 aliphatic carbocycles. The normalized spacial score (nSPS) is 12.4. The highest BCUT2D eigenvalue weighted by atomic mass is 79.9. The van der Waals surface area contributed by atoms with E-state index in [0.29, 0.717) is 6.42 Å². The quantitative estimate of drug-likeness (QED) is 0.915. The maximum Gasteiger partial charge on any atom is 0.115 e. The van der Waals surface area contributed by atoms with Gasteiger partial charge in [0.2, 0.25) is 0 Å². The summed E-state index contributed by atoms with van der Waals surface area (Å²) in [5.74, 6) is 0.266. The summed E-state index contributed by atoms with van der Waals surface area (Å²) in [4.78, 5) is 4.09. The molecule has 1 aromatic carbocycles. The molecular weight excluding hydrogens is 280 g/mol. The third-order valence-corrected chi connectivity index (χ3v) is 2.95. The molecule has 2 aromatic rings. The number of hydrogen-bond donors (Lipinski definition) is 2. The fourth-order valence-electron chi connectivity index (χ4n) is 1.69. The van der Waals surface area contributed by atoms with Crippen molar-refractivity contribution in [1.82, 2.24) is 4.98 Å². The Balaban J connectivity index is 2.14. The van der Waals surface area contributed by atoms with Crippen molar-refractivity contribution in [2.24, 2.45) is 5.73 Å². The Morgan fingerprint density at radius 2 is 2.12 bits per heavy atom. The van der Waals surface area contributed by atoms with Crippen molar-refractivity contribution in [3.63, 3.8) is 0 Å². The van der Waals surface area contributed by atoms with Crippen molar-refractivity contribution >= 4 is 15.9 Å². The molecule has 3 N–H and O–H groups in total. The number of aromatic hydroxyl groups is 1. The van der Waals surface area contributed by atoms with E-state index in [-0.39, 0.29) is 11.8 Å². The number of hydrogen-bond acceptors (Lipinski definition) is 3. The molecule has 0 radical (unpaired) electrons. The highest BCUT2D eigenvalue weighted by molar-refractivity contribution is 9.10. The molecule has 0 aliphatic heterocycles. The van der Waals surface area contributed by atoms with Crippen LogP contribution < -0.4 is 5.73 Å². The minimum Gasteiger partial charge on any atom is -0.508 e. The molecule has 1 unspecified atom stereocenters. The number of benzene rings is 1. The zero-order valence-corrected chi connectivity index (χ0v) is 10.8. The van der Waals surface area contributed by atoms with Crippen molar-refractivity contribution in [3.8, 4) is 5.75 Å². The molecule has 17 heavy (non-hydrogen) atoms. The molecule has 0 spiro atoms.